The highest BCUT2D eigenvalue weighted by molar-refractivity contribution is 9.10. The quantitative estimate of drug-likeness (QED) is 0.699. The van der Waals surface area contributed by atoms with E-state index in [0.29, 0.717) is 10.0 Å². The van der Waals surface area contributed by atoms with Gasteiger partial charge in [-0.05, 0) is 18.2 Å². The van der Waals surface area contributed by atoms with Crippen molar-refractivity contribution < 1.29 is 17.9 Å². The maximum Gasteiger partial charge on any atom is 0.200 e. The molecule has 2 aromatic carbocycles. The van der Waals surface area contributed by atoms with Crippen molar-refractivity contribution in [2.24, 2.45) is 0 Å². The molecule has 0 aromatic heterocycles. The van der Waals surface area contributed by atoms with Crippen LogP contribution < -0.4 is 4.74 Å². The van der Waals surface area contributed by atoms with E-state index in [4.69, 9.17) is 16.3 Å². The average molecular weight is 352 g/mol. The van der Waals surface area contributed by atoms with Crippen molar-refractivity contribution in [3.63, 3.8) is 0 Å². The van der Waals surface area contributed by atoms with E-state index in [-0.39, 0.29) is 17.4 Å². The first-order chi connectivity index (χ1) is 8.99. The van der Waals surface area contributed by atoms with Crippen molar-refractivity contribution >= 4 is 27.5 Å². The standard InChI is InChI=1S/C13H7BrClF3O/c14-8-4-10(17)13(18)11(5-8)19-6-7-2-1-3-9(16)12(7)15/h1-5H,6H2. The minimum atomic E-state index is -1.10. The number of benzene rings is 2. The van der Waals surface area contributed by atoms with Gasteiger partial charge in [0.1, 0.15) is 12.4 Å². The predicted molar refractivity (Wildman–Crippen MR) is 69.8 cm³/mol. The smallest absolute Gasteiger partial charge is 0.200 e. The van der Waals surface area contributed by atoms with E-state index in [1.165, 1.54) is 24.3 Å². The van der Waals surface area contributed by atoms with Gasteiger partial charge in [0, 0.05) is 10.0 Å². The Kier molecular flexibility index (Phi) is 4.37. The van der Waals surface area contributed by atoms with Gasteiger partial charge in [0.15, 0.2) is 11.6 Å². The van der Waals surface area contributed by atoms with Gasteiger partial charge in [-0.25, -0.2) is 8.78 Å². The molecule has 1 nitrogen and oxygen atoms in total. The molecule has 0 aliphatic carbocycles. The molecule has 2 aromatic rings. The summed E-state index contributed by atoms with van der Waals surface area (Å²) >= 11 is 8.76. The molecule has 0 radical (unpaired) electrons. The summed E-state index contributed by atoms with van der Waals surface area (Å²) in [5.41, 5.74) is 0.349. The van der Waals surface area contributed by atoms with Gasteiger partial charge in [0.05, 0.1) is 5.02 Å². The van der Waals surface area contributed by atoms with Crippen LogP contribution >= 0.6 is 27.5 Å². The van der Waals surface area contributed by atoms with Crippen molar-refractivity contribution in [3.05, 3.63) is 62.8 Å². The first-order valence-corrected chi connectivity index (χ1v) is 6.36. The van der Waals surface area contributed by atoms with E-state index >= 15 is 0 Å². The minimum Gasteiger partial charge on any atom is -0.486 e. The van der Waals surface area contributed by atoms with Crippen LogP contribution in [-0.4, -0.2) is 0 Å². The Labute approximate surface area is 121 Å². The summed E-state index contributed by atoms with van der Waals surface area (Å²) in [5, 5.41) is -0.0987. The summed E-state index contributed by atoms with van der Waals surface area (Å²) in [6.45, 7) is -0.163. The van der Waals surface area contributed by atoms with Crippen LogP contribution in [0, 0.1) is 17.5 Å². The van der Waals surface area contributed by atoms with Crippen molar-refractivity contribution in [2.45, 2.75) is 6.61 Å². The lowest BCUT2D eigenvalue weighted by atomic mass is 10.2. The summed E-state index contributed by atoms with van der Waals surface area (Å²) < 4.78 is 45.2. The van der Waals surface area contributed by atoms with Gasteiger partial charge in [-0.3, -0.25) is 0 Å². The maximum absolute atomic E-state index is 13.4. The van der Waals surface area contributed by atoms with Crippen LogP contribution in [0.25, 0.3) is 0 Å². The molecule has 0 bridgehead atoms. The highest BCUT2D eigenvalue weighted by Crippen LogP contribution is 2.27. The van der Waals surface area contributed by atoms with Crippen molar-refractivity contribution in [1.29, 1.82) is 0 Å². The predicted octanol–water partition coefficient (Wildman–Crippen LogP) is 5.10. The summed E-state index contributed by atoms with van der Waals surface area (Å²) in [5.74, 6) is -3.00. The Hall–Kier alpha value is -1.20. The second kappa shape index (κ2) is 5.84. The normalized spacial score (nSPS) is 10.6. The summed E-state index contributed by atoms with van der Waals surface area (Å²) in [6, 6.07) is 6.46. The third-order valence-electron chi connectivity index (χ3n) is 2.37. The molecule has 0 aliphatic heterocycles. The Morgan fingerprint density at radius 1 is 1.11 bits per heavy atom. The number of hydrogen-bond donors (Lipinski definition) is 0. The molecular formula is C13H7BrClF3O. The van der Waals surface area contributed by atoms with Gasteiger partial charge in [-0.1, -0.05) is 39.7 Å². The molecule has 0 unspecified atom stereocenters. The molecule has 0 spiro atoms. The van der Waals surface area contributed by atoms with E-state index in [1.807, 2.05) is 0 Å². The Morgan fingerprint density at radius 2 is 1.84 bits per heavy atom. The second-order valence-corrected chi connectivity index (χ2v) is 4.99. The fourth-order valence-electron chi connectivity index (χ4n) is 1.45. The molecule has 2 rings (SSSR count). The maximum atomic E-state index is 13.4. The van der Waals surface area contributed by atoms with Gasteiger partial charge in [0.25, 0.3) is 0 Å². The first-order valence-electron chi connectivity index (χ1n) is 5.19. The first kappa shape index (κ1) is 14.2. The average Bonchev–Trinajstić information content (AvgIpc) is 2.36. The molecule has 0 heterocycles. The largest absolute Gasteiger partial charge is 0.486 e. The van der Waals surface area contributed by atoms with Crippen LogP contribution in [0.5, 0.6) is 5.75 Å². The molecule has 0 N–H and O–H groups in total. The molecule has 0 saturated heterocycles. The lowest BCUT2D eigenvalue weighted by Crippen LogP contribution is -2.00. The van der Waals surface area contributed by atoms with E-state index in [9.17, 15) is 13.2 Å². The molecule has 0 fully saturated rings. The highest BCUT2D eigenvalue weighted by atomic mass is 79.9. The van der Waals surface area contributed by atoms with Gasteiger partial charge < -0.3 is 4.74 Å². The summed E-state index contributed by atoms with van der Waals surface area (Å²) in [4.78, 5) is 0. The number of hydrogen-bond acceptors (Lipinski definition) is 1. The summed E-state index contributed by atoms with van der Waals surface area (Å²) in [6.07, 6.45) is 0. The highest BCUT2D eigenvalue weighted by Gasteiger charge is 2.13. The van der Waals surface area contributed by atoms with Gasteiger partial charge >= 0.3 is 0 Å². The van der Waals surface area contributed by atoms with E-state index < -0.39 is 17.5 Å². The Morgan fingerprint density at radius 3 is 2.58 bits per heavy atom. The van der Waals surface area contributed by atoms with Crippen LogP contribution in [0.1, 0.15) is 5.56 Å². The zero-order chi connectivity index (χ0) is 14.0. The minimum absolute atomic E-state index is 0.0987. The SMILES string of the molecule is Fc1cc(Br)cc(OCc2cccc(F)c2Cl)c1F. The van der Waals surface area contributed by atoms with E-state index in [2.05, 4.69) is 15.9 Å². The van der Waals surface area contributed by atoms with Crippen LogP contribution in [0.2, 0.25) is 5.02 Å². The third kappa shape index (κ3) is 3.22. The van der Waals surface area contributed by atoms with Crippen LogP contribution in [0.15, 0.2) is 34.8 Å². The van der Waals surface area contributed by atoms with Crippen molar-refractivity contribution in [2.75, 3.05) is 0 Å². The molecule has 6 heteroatoms. The molecule has 100 valence electrons. The zero-order valence-corrected chi connectivity index (χ0v) is 11.7. The van der Waals surface area contributed by atoms with Crippen LogP contribution in [-0.2, 0) is 6.61 Å². The topological polar surface area (TPSA) is 9.23 Å². The van der Waals surface area contributed by atoms with Crippen molar-refractivity contribution in [3.8, 4) is 5.75 Å². The monoisotopic (exact) mass is 350 g/mol. The van der Waals surface area contributed by atoms with Gasteiger partial charge in [-0.2, -0.15) is 4.39 Å². The number of halogens is 5. The summed E-state index contributed by atoms with van der Waals surface area (Å²) in [7, 11) is 0. The van der Waals surface area contributed by atoms with Crippen molar-refractivity contribution in [1.82, 2.24) is 0 Å². The van der Waals surface area contributed by atoms with Crippen LogP contribution in [0.3, 0.4) is 0 Å². The third-order valence-corrected chi connectivity index (χ3v) is 3.26. The fourth-order valence-corrected chi connectivity index (χ4v) is 2.04. The lowest BCUT2D eigenvalue weighted by Gasteiger charge is -2.10. The van der Waals surface area contributed by atoms with Gasteiger partial charge in [0.2, 0.25) is 5.82 Å². The zero-order valence-electron chi connectivity index (χ0n) is 9.39. The molecule has 0 aliphatic rings. The van der Waals surface area contributed by atoms with E-state index in [0.717, 1.165) is 6.07 Å². The molecule has 19 heavy (non-hydrogen) atoms. The lowest BCUT2D eigenvalue weighted by molar-refractivity contribution is 0.284. The molecule has 0 saturated carbocycles. The molecule has 0 atom stereocenters. The Balaban J connectivity index is 2.21. The second-order valence-electron chi connectivity index (χ2n) is 3.70. The fraction of sp³-hybridized carbons (Fsp3) is 0.0769. The molecular weight excluding hydrogens is 344 g/mol. The number of ether oxygens (including phenoxy) is 1. The number of rotatable bonds is 3. The molecule has 0 amide bonds. The van der Waals surface area contributed by atoms with E-state index in [1.54, 1.807) is 0 Å². The van der Waals surface area contributed by atoms with Gasteiger partial charge in [-0.15, -0.1) is 0 Å². The Bertz CT molecular complexity index is 619. The van der Waals surface area contributed by atoms with Crippen LogP contribution in [0.4, 0.5) is 13.2 Å².